The predicted octanol–water partition coefficient (Wildman–Crippen LogP) is 2.25. The van der Waals surface area contributed by atoms with E-state index in [1.54, 1.807) is 38.1 Å². The molecule has 2 aliphatic rings. The number of alkyl halides is 1. The van der Waals surface area contributed by atoms with Crippen molar-refractivity contribution >= 4 is 27.5 Å². The molecule has 20 heavy (non-hydrogen) atoms. The summed E-state index contributed by atoms with van der Waals surface area (Å²) < 4.78 is 5.70. The minimum atomic E-state index is -1.07. The number of benzene rings is 1. The fourth-order valence-corrected chi connectivity index (χ4v) is 2.95. The summed E-state index contributed by atoms with van der Waals surface area (Å²) in [5.74, 6) is -0.716. The van der Waals surface area contributed by atoms with Gasteiger partial charge < -0.3 is 9.84 Å². The Morgan fingerprint density at radius 1 is 1.15 bits per heavy atom. The first-order valence-corrected chi connectivity index (χ1v) is 7.20. The summed E-state index contributed by atoms with van der Waals surface area (Å²) >= 11 is 3.35. The number of Topliss-reactive ketones (excluding diaryl/α,β-unsaturated/α-hetero) is 2. The second-order valence-electron chi connectivity index (χ2n) is 5.50. The molecular weight excluding hydrogens is 324 g/mol. The lowest BCUT2D eigenvalue weighted by Gasteiger charge is -2.41. The van der Waals surface area contributed by atoms with Gasteiger partial charge in [-0.1, -0.05) is 40.2 Å². The Labute approximate surface area is 124 Å². The topological polar surface area (TPSA) is 63.6 Å². The molecule has 1 aliphatic heterocycles. The number of carbonyl (C=O) groups excluding carboxylic acids is 2. The van der Waals surface area contributed by atoms with Crippen molar-refractivity contribution in [3.8, 4) is 0 Å². The molecule has 104 valence electrons. The van der Waals surface area contributed by atoms with Crippen molar-refractivity contribution in [1.29, 1.82) is 0 Å². The lowest BCUT2D eigenvalue weighted by molar-refractivity contribution is -0.0165. The zero-order valence-electron chi connectivity index (χ0n) is 11.0. The van der Waals surface area contributed by atoms with Gasteiger partial charge in [0.2, 0.25) is 5.78 Å². The van der Waals surface area contributed by atoms with Crippen molar-refractivity contribution < 1.29 is 19.4 Å². The monoisotopic (exact) mass is 336 g/mol. The highest BCUT2D eigenvalue weighted by Gasteiger charge is 2.49. The Kier molecular flexibility index (Phi) is 2.88. The van der Waals surface area contributed by atoms with E-state index in [-0.39, 0.29) is 22.9 Å². The Morgan fingerprint density at radius 2 is 1.70 bits per heavy atom. The lowest BCUT2D eigenvalue weighted by Crippen LogP contribution is -2.51. The Hall–Kier alpha value is -1.46. The molecule has 2 unspecified atom stereocenters. The number of hydrogen-bond donors (Lipinski definition) is 1. The van der Waals surface area contributed by atoms with Crippen LogP contribution in [0.3, 0.4) is 0 Å². The zero-order chi connectivity index (χ0) is 14.7. The fraction of sp³-hybridized carbons (Fsp3) is 0.333. The largest absolute Gasteiger partial charge is 0.482 e. The molecule has 0 fully saturated rings. The van der Waals surface area contributed by atoms with E-state index in [1.165, 1.54) is 0 Å². The Balaban J connectivity index is 2.22. The smallest absolute Gasteiger partial charge is 0.228 e. The van der Waals surface area contributed by atoms with Gasteiger partial charge in [0.25, 0.3) is 0 Å². The second kappa shape index (κ2) is 4.27. The van der Waals surface area contributed by atoms with Gasteiger partial charge in [-0.25, -0.2) is 0 Å². The summed E-state index contributed by atoms with van der Waals surface area (Å²) in [5, 5.41) is 10.4. The number of halogens is 1. The van der Waals surface area contributed by atoms with E-state index < -0.39 is 16.5 Å². The number of ether oxygens (including phenoxy) is 1. The third-order valence-corrected chi connectivity index (χ3v) is 5.32. The van der Waals surface area contributed by atoms with Crippen molar-refractivity contribution in [1.82, 2.24) is 0 Å². The van der Waals surface area contributed by atoms with Crippen LogP contribution in [-0.4, -0.2) is 33.2 Å². The molecule has 5 heteroatoms. The number of fused-ring (bicyclic) bond motifs is 1. The number of allylic oxidation sites excluding steroid dienone is 1. The van der Waals surface area contributed by atoms with Crippen LogP contribution < -0.4 is 0 Å². The number of ketones is 2. The minimum absolute atomic E-state index is 0.0260. The molecule has 0 bridgehead atoms. The van der Waals surface area contributed by atoms with Crippen molar-refractivity contribution in [3.05, 3.63) is 46.7 Å². The maximum atomic E-state index is 12.5. The number of rotatable bonds is 0. The molecular formula is C15H13BrO4. The summed E-state index contributed by atoms with van der Waals surface area (Å²) in [5.41, 5.74) is -0.0824. The van der Waals surface area contributed by atoms with E-state index in [0.29, 0.717) is 11.1 Å². The summed E-state index contributed by atoms with van der Waals surface area (Å²) in [6.07, 6.45) is -1.07. The van der Waals surface area contributed by atoms with Gasteiger partial charge in [0.05, 0.1) is 10.4 Å². The molecule has 0 amide bonds. The van der Waals surface area contributed by atoms with Gasteiger partial charge >= 0.3 is 0 Å². The maximum Gasteiger partial charge on any atom is 0.228 e. The summed E-state index contributed by atoms with van der Waals surface area (Å²) in [6, 6.07) is 6.59. The molecule has 0 spiro atoms. The molecule has 1 aliphatic carbocycles. The molecule has 1 aromatic carbocycles. The lowest BCUT2D eigenvalue weighted by atomic mass is 9.80. The highest BCUT2D eigenvalue weighted by molar-refractivity contribution is 9.09. The molecule has 0 saturated heterocycles. The van der Waals surface area contributed by atoms with Gasteiger partial charge in [0.1, 0.15) is 11.7 Å². The average Bonchev–Trinajstić information content (AvgIpc) is 2.42. The molecule has 0 radical (unpaired) electrons. The van der Waals surface area contributed by atoms with Gasteiger partial charge in [-0.2, -0.15) is 0 Å². The van der Waals surface area contributed by atoms with Crippen molar-refractivity contribution in [2.75, 3.05) is 0 Å². The van der Waals surface area contributed by atoms with E-state index in [0.717, 1.165) is 0 Å². The number of hydrogen-bond acceptors (Lipinski definition) is 4. The zero-order valence-corrected chi connectivity index (χ0v) is 12.6. The summed E-state index contributed by atoms with van der Waals surface area (Å²) in [6.45, 7) is 3.52. The van der Waals surface area contributed by atoms with Gasteiger partial charge in [-0.15, -0.1) is 0 Å². The molecule has 1 N–H and O–H groups in total. The molecule has 0 saturated carbocycles. The third kappa shape index (κ3) is 1.70. The summed E-state index contributed by atoms with van der Waals surface area (Å²) in [7, 11) is 0. The number of aliphatic hydroxyl groups is 1. The first-order chi connectivity index (χ1) is 9.34. The van der Waals surface area contributed by atoms with Crippen molar-refractivity contribution in [2.45, 2.75) is 30.4 Å². The first-order valence-electron chi connectivity index (χ1n) is 6.28. The molecule has 4 nitrogen and oxygen atoms in total. The first kappa shape index (κ1) is 13.5. The SMILES string of the molecule is CC1(C)OC2=C(C(=O)c3ccccc3C2=O)C(O)C1Br. The van der Waals surface area contributed by atoms with Gasteiger partial charge in [0.15, 0.2) is 11.5 Å². The van der Waals surface area contributed by atoms with E-state index in [9.17, 15) is 14.7 Å². The van der Waals surface area contributed by atoms with E-state index in [4.69, 9.17) is 4.74 Å². The number of carbonyl (C=O) groups is 2. The van der Waals surface area contributed by atoms with Crippen LogP contribution in [0.1, 0.15) is 34.6 Å². The normalized spacial score (nSPS) is 27.8. The third-order valence-electron chi connectivity index (χ3n) is 3.71. The van der Waals surface area contributed by atoms with Gasteiger partial charge in [-0.3, -0.25) is 9.59 Å². The van der Waals surface area contributed by atoms with Crippen LogP contribution in [0, 0.1) is 0 Å². The average molecular weight is 337 g/mol. The van der Waals surface area contributed by atoms with Crippen LogP contribution in [0.15, 0.2) is 35.6 Å². The van der Waals surface area contributed by atoms with Crippen LogP contribution in [0.25, 0.3) is 0 Å². The maximum absolute atomic E-state index is 12.5. The Morgan fingerprint density at radius 3 is 2.30 bits per heavy atom. The van der Waals surface area contributed by atoms with Crippen molar-refractivity contribution in [2.24, 2.45) is 0 Å². The molecule has 1 aromatic rings. The minimum Gasteiger partial charge on any atom is -0.482 e. The fourth-order valence-electron chi connectivity index (χ4n) is 2.59. The molecule has 2 atom stereocenters. The van der Waals surface area contributed by atoms with Crippen LogP contribution in [0.2, 0.25) is 0 Å². The highest BCUT2D eigenvalue weighted by Crippen LogP contribution is 2.41. The van der Waals surface area contributed by atoms with Crippen LogP contribution >= 0.6 is 15.9 Å². The van der Waals surface area contributed by atoms with Crippen LogP contribution in [0.4, 0.5) is 0 Å². The van der Waals surface area contributed by atoms with Gasteiger partial charge in [0, 0.05) is 11.1 Å². The van der Waals surface area contributed by atoms with E-state index in [1.807, 2.05) is 0 Å². The van der Waals surface area contributed by atoms with E-state index >= 15 is 0 Å². The quantitative estimate of drug-likeness (QED) is 0.738. The molecule has 1 heterocycles. The number of aliphatic hydroxyl groups excluding tert-OH is 1. The van der Waals surface area contributed by atoms with Crippen LogP contribution in [-0.2, 0) is 4.74 Å². The molecule has 0 aromatic heterocycles. The standard InChI is InChI=1S/C15H13BrO4/c1-15(2)14(16)12(19)9-10(17)7-5-3-4-6-8(7)11(18)13(9)20-15/h3-6,12,14,19H,1-2H3. The van der Waals surface area contributed by atoms with Gasteiger partial charge in [-0.05, 0) is 13.8 Å². The van der Waals surface area contributed by atoms with Crippen molar-refractivity contribution in [3.63, 3.8) is 0 Å². The van der Waals surface area contributed by atoms with E-state index in [2.05, 4.69) is 15.9 Å². The molecule has 3 rings (SSSR count). The highest BCUT2D eigenvalue weighted by atomic mass is 79.9. The predicted molar refractivity (Wildman–Crippen MR) is 76.0 cm³/mol. The van der Waals surface area contributed by atoms with Crippen LogP contribution in [0.5, 0.6) is 0 Å². The second-order valence-corrected chi connectivity index (χ2v) is 6.49. The summed E-state index contributed by atoms with van der Waals surface area (Å²) in [4.78, 5) is 24.5. The Bertz CT molecular complexity index is 660.